The Kier molecular flexibility index (Phi) is 8.18. The zero-order chi connectivity index (χ0) is 31.3. The molecule has 1 fully saturated rings. The summed E-state index contributed by atoms with van der Waals surface area (Å²) in [5, 5.41) is 20.7. The standard InChI is InChI=1S/C28H30ClF3N6O4S/c1-16-11-20(12-17(2)34-16)27(39,24-14-33-36-38(24)43(4,40)41)19-5-6-23-21(13-19)25(29)22(26(35-23)42-3)15-37-9-7-18(8-10-37)28(30,31)32/h5-6,11-14,18,39H,7-10,15H2,1-4H3. The molecule has 1 atom stereocenters. The molecular weight excluding hydrogens is 609 g/mol. The third-order valence-corrected chi connectivity index (χ3v) is 9.05. The van der Waals surface area contributed by atoms with E-state index in [1.165, 1.54) is 13.3 Å². The normalized spacial score (nSPS) is 16.9. The van der Waals surface area contributed by atoms with Gasteiger partial charge in [0.2, 0.25) is 5.88 Å². The van der Waals surface area contributed by atoms with E-state index >= 15 is 0 Å². The van der Waals surface area contributed by atoms with Crippen LogP contribution in [0.5, 0.6) is 5.88 Å². The van der Waals surface area contributed by atoms with Gasteiger partial charge >= 0.3 is 6.18 Å². The number of aromatic nitrogens is 5. The maximum absolute atomic E-state index is 13.2. The fourth-order valence-electron chi connectivity index (χ4n) is 5.62. The minimum atomic E-state index is -4.23. The van der Waals surface area contributed by atoms with Gasteiger partial charge in [-0.05, 0) is 75.2 Å². The zero-order valence-electron chi connectivity index (χ0n) is 23.9. The van der Waals surface area contributed by atoms with E-state index in [0.717, 1.165) is 6.26 Å². The summed E-state index contributed by atoms with van der Waals surface area (Å²) in [6.07, 6.45) is -2.14. The summed E-state index contributed by atoms with van der Waals surface area (Å²) in [7, 11) is -2.53. The summed E-state index contributed by atoms with van der Waals surface area (Å²) >= 11 is 6.95. The molecule has 0 aliphatic carbocycles. The minimum absolute atomic E-state index is 0.0194. The molecule has 1 aliphatic rings. The van der Waals surface area contributed by atoms with E-state index in [9.17, 15) is 26.7 Å². The summed E-state index contributed by atoms with van der Waals surface area (Å²) in [6.45, 7) is 4.16. The fraction of sp³-hybridized carbons (Fsp3) is 0.429. The van der Waals surface area contributed by atoms with Crippen molar-refractivity contribution in [2.24, 2.45) is 5.92 Å². The number of halogens is 4. The lowest BCUT2D eigenvalue weighted by molar-refractivity contribution is -0.185. The molecule has 5 rings (SSSR count). The molecule has 10 nitrogen and oxygen atoms in total. The number of hydrogen-bond acceptors (Lipinski definition) is 9. The highest BCUT2D eigenvalue weighted by Gasteiger charge is 2.42. The van der Waals surface area contributed by atoms with Crippen molar-refractivity contribution in [2.45, 2.75) is 45.0 Å². The van der Waals surface area contributed by atoms with Gasteiger partial charge in [0.1, 0.15) is 5.69 Å². The van der Waals surface area contributed by atoms with Crippen LogP contribution in [0.25, 0.3) is 10.9 Å². The highest BCUT2D eigenvalue weighted by atomic mass is 35.5. The topological polar surface area (TPSA) is 123 Å². The van der Waals surface area contributed by atoms with E-state index in [2.05, 4.69) is 20.3 Å². The number of pyridine rings is 2. The zero-order valence-corrected chi connectivity index (χ0v) is 25.4. The lowest BCUT2D eigenvalue weighted by atomic mass is 9.83. The van der Waals surface area contributed by atoms with Crippen LogP contribution in [0.2, 0.25) is 5.02 Å². The Bertz CT molecular complexity index is 1770. The first-order valence-corrected chi connectivity index (χ1v) is 15.6. The van der Waals surface area contributed by atoms with Crippen LogP contribution in [0.4, 0.5) is 13.2 Å². The first-order valence-electron chi connectivity index (χ1n) is 13.4. The Morgan fingerprint density at radius 2 is 1.72 bits per heavy atom. The van der Waals surface area contributed by atoms with Gasteiger partial charge in [0, 0.05) is 28.9 Å². The number of aliphatic hydroxyl groups is 1. The van der Waals surface area contributed by atoms with Crippen LogP contribution >= 0.6 is 11.6 Å². The minimum Gasteiger partial charge on any atom is -0.481 e. The molecule has 4 aromatic rings. The van der Waals surface area contributed by atoms with Crippen LogP contribution in [0, 0.1) is 19.8 Å². The summed E-state index contributed by atoms with van der Waals surface area (Å²) in [4.78, 5) is 10.8. The number of hydrogen-bond donors (Lipinski definition) is 1. The summed E-state index contributed by atoms with van der Waals surface area (Å²) in [6, 6.07) is 8.10. The number of rotatable bonds is 7. The number of likely N-dealkylation sites (tertiary alicyclic amines) is 1. The summed E-state index contributed by atoms with van der Waals surface area (Å²) in [5.74, 6) is -1.11. The Morgan fingerprint density at radius 1 is 1.07 bits per heavy atom. The molecule has 0 bridgehead atoms. The van der Waals surface area contributed by atoms with Crippen molar-refractivity contribution >= 4 is 32.5 Å². The predicted octanol–water partition coefficient (Wildman–Crippen LogP) is 4.37. The third-order valence-electron chi connectivity index (χ3n) is 7.72. The molecule has 4 heterocycles. The van der Waals surface area contributed by atoms with Crippen molar-refractivity contribution in [3.63, 3.8) is 0 Å². The molecule has 43 heavy (non-hydrogen) atoms. The van der Waals surface area contributed by atoms with Gasteiger partial charge in [-0.2, -0.15) is 13.2 Å². The van der Waals surface area contributed by atoms with E-state index in [-0.39, 0.29) is 54.6 Å². The Balaban J connectivity index is 1.65. The first-order chi connectivity index (χ1) is 20.1. The number of alkyl halides is 3. The number of nitrogens with zero attached hydrogens (tertiary/aromatic N) is 6. The van der Waals surface area contributed by atoms with E-state index in [1.54, 1.807) is 44.2 Å². The van der Waals surface area contributed by atoms with Crippen LogP contribution < -0.4 is 4.74 Å². The Labute approximate surface area is 251 Å². The first kappa shape index (κ1) is 31.1. The quantitative estimate of drug-likeness (QED) is 0.314. The summed E-state index contributed by atoms with van der Waals surface area (Å²) in [5.41, 5.74) is 0.497. The van der Waals surface area contributed by atoms with Crippen molar-refractivity contribution in [3.05, 3.63) is 75.3 Å². The van der Waals surface area contributed by atoms with Gasteiger partial charge in [0.15, 0.2) is 5.60 Å². The number of aryl methyl sites for hydroxylation is 2. The molecule has 1 aliphatic heterocycles. The predicted molar refractivity (Wildman–Crippen MR) is 153 cm³/mol. The van der Waals surface area contributed by atoms with Crippen molar-refractivity contribution in [3.8, 4) is 5.88 Å². The second-order valence-corrected chi connectivity index (χ2v) is 13.0. The van der Waals surface area contributed by atoms with E-state index in [0.29, 0.717) is 37.5 Å². The molecule has 0 spiro atoms. The number of methoxy groups -OCH3 is 1. The molecule has 1 aromatic carbocycles. The Morgan fingerprint density at radius 3 is 2.30 bits per heavy atom. The molecule has 0 radical (unpaired) electrons. The van der Waals surface area contributed by atoms with E-state index in [1.807, 2.05) is 4.90 Å². The van der Waals surface area contributed by atoms with Crippen molar-refractivity contribution in [1.82, 2.24) is 29.3 Å². The monoisotopic (exact) mass is 638 g/mol. The highest BCUT2D eigenvalue weighted by molar-refractivity contribution is 7.89. The molecule has 230 valence electrons. The molecule has 15 heteroatoms. The average molecular weight is 639 g/mol. The smallest absolute Gasteiger partial charge is 0.391 e. The van der Waals surface area contributed by atoms with Crippen molar-refractivity contribution in [1.29, 1.82) is 0 Å². The van der Waals surface area contributed by atoms with Gasteiger partial charge in [-0.1, -0.05) is 22.9 Å². The molecule has 3 aromatic heterocycles. The number of piperidine rings is 1. The number of fused-ring (bicyclic) bond motifs is 1. The van der Waals surface area contributed by atoms with Crippen molar-refractivity contribution in [2.75, 3.05) is 26.5 Å². The van der Waals surface area contributed by atoms with Crippen LogP contribution in [0.1, 0.15) is 46.6 Å². The van der Waals surface area contributed by atoms with Gasteiger partial charge in [-0.25, -0.2) is 13.4 Å². The van der Waals surface area contributed by atoms with Gasteiger partial charge in [0.25, 0.3) is 10.0 Å². The lowest BCUT2D eigenvalue weighted by Crippen LogP contribution is -2.38. The average Bonchev–Trinajstić information content (AvgIpc) is 3.45. The largest absolute Gasteiger partial charge is 0.481 e. The van der Waals surface area contributed by atoms with E-state index in [4.69, 9.17) is 16.3 Å². The molecule has 1 unspecified atom stereocenters. The van der Waals surface area contributed by atoms with Gasteiger partial charge in [0.05, 0.1) is 36.0 Å². The number of ether oxygens (including phenoxy) is 1. The second-order valence-electron chi connectivity index (χ2n) is 10.8. The maximum Gasteiger partial charge on any atom is 0.391 e. The van der Waals surface area contributed by atoms with Crippen molar-refractivity contribution < 1.29 is 31.4 Å². The SMILES string of the molecule is COc1nc2ccc(C(O)(c3cc(C)nc(C)c3)c3cnnn3S(C)(=O)=O)cc2c(Cl)c1CN1CCC(C(F)(F)F)CC1. The van der Waals surface area contributed by atoms with Gasteiger partial charge in [-0.3, -0.25) is 9.88 Å². The summed E-state index contributed by atoms with van der Waals surface area (Å²) < 4.78 is 71.1. The molecular formula is C28H30ClF3N6O4S. The lowest BCUT2D eigenvalue weighted by Gasteiger charge is -2.33. The third kappa shape index (κ3) is 5.93. The van der Waals surface area contributed by atoms with Crippen LogP contribution in [0.15, 0.2) is 36.5 Å². The second kappa shape index (κ2) is 11.3. The molecule has 0 amide bonds. The molecule has 1 saturated heterocycles. The van der Waals surface area contributed by atoms with Crippen LogP contribution in [-0.2, 0) is 22.2 Å². The molecule has 1 N–H and O–H groups in total. The van der Waals surface area contributed by atoms with Gasteiger partial charge < -0.3 is 9.84 Å². The fourth-order valence-corrected chi connectivity index (χ4v) is 6.63. The highest BCUT2D eigenvalue weighted by Crippen LogP contribution is 2.41. The maximum atomic E-state index is 13.2. The number of benzene rings is 1. The van der Waals surface area contributed by atoms with Crippen LogP contribution in [0.3, 0.4) is 0 Å². The van der Waals surface area contributed by atoms with Crippen LogP contribution in [-0.4, -0.2) is 75.4 Å². The molecule has 0 saturated carbocycles. The van der Waals surface area contributed by atoms with E-state index < -0.39 is 27.7 Å². The van der Waals surface area contributed by atoms with Gasteiger partial charge in [-0.15, -0.1) is 9.19 Å². The Hall–Kier alpha value is -3.33.